The third kappa shape index (κ3) is 3.35. The second kappa shape index (κ2) is 4.22. The fourth-order valence-electron chi connectivity index (χ4n) is 1.76. The van der Waals surface area contributed by atoms with Crippen LogP contribution in [-0.4, -0.2) is 18.4 Å². The molecule has 1 atom stereocenters. The van der Waals surface area contributed by atoms with E-state index in [1.807, 2.05) is 0 Å². The molecule has 2 nitrogen and oxygen atoms in total. The topological polar surface area (TPSA) is 29.1 Å². The van der Waals surface area contributed by atoms with E-state index in [1.54, 1.807) is 5.32 Å². The van der Waals surface area contributed by atoms with Crippen LogP contribution in [0.25, 0.3) is 0 Å². The van der Waals surface area contributed by atoms with Gasteiger partial charge in [0, 0.05) is 6.04 Å². The largest absolute Gasteiger partial charge is 0.397 e. The molecule has 96 valence electrons. The van der Waals surface area contributed by atoms with Crippen molar-refractivity contribution in [2.24, 2.45) is 10.8 Å². The molecule has 0 aromatic carbocycles. The van der Waals surface area contributed by atoms with Crippen LogP contribution in [0.1, 0.15) is 34.6 Å². The second-order valence-corrected chi connectivity index (χ2v) is 5.44. The molecule has 0 saturated carbocycles. The van der Waals surface area contributed by atoms with Gasteiger partial charge >= 0.3 is 12.3 Å². The summed E-state index contributed by atoms with van der Waals surface area (Å²) in [7, 11) is 0. The van der Waals surface area contributed by atoms with Gasteiger partial charge in [0.1, 0.15) is 0 Å². The second-order valence-electron chi connectivity index (χ2n) is 5.44. The van der Waals surface area contributed by atoms with Crippen LogP contribution in [0, 0.1) is 10.8 Å². The van der Waals surface area contributed by atoms with Crippen molar-refractivity contribution in [2.45, 2.75) is 46.8 Å². The number of amides is 1. The summed E-state index contributed by atoms with van der Waals surface area (Å²) in [6.07, 6.45) is -6.47. The lowest BCUT2D eigenvalue weighted by atomic mass is 9.70. The standard InChI is InChI=1S/C10H17F4NO/c1-8(2,3)6(15-7(11)16)9(4,5)10(12,13)14/h6H,1-5H3,(H,15,16). The molecule has 0 saturated heterocycles. The smallest absolute Gasteiger partial charge is 0.324 e. The quantitative estimate of drug-likeness (QED) is 0.447. The molecule has 1 amide bonds. The van der Waals surface area contributed by atoms with Crippen LogP contribution in [0.4, 0.5) is 22.4 Å². The van der Waals surface area contributed by atoms with E-state index in [0.29, 0.717) is 0 Å². The first-order chi connectivity index (χ1) is 6.80. The Morgan fingerprint density at radius 1 is 1.06 bits per heavy atom. The van der Waals surface area contributed by atoms with Crippen molar-refractivity contribution in [2.75, 3.05) is 0 Å². The Balaban J connectivity index is 5.27. The molecule has 0 heterocycles. The van der Waals surface area contributed by atoms with Crippen molar-refractivity contribution in [1.82, 2.24) is 5.32 Å². The van der Waals surface area contributed by atoms with Crippen LogP contribution in [0.3, 0.4) is 0 Å². The molecule has 0 aliphatic rings. The van der Waals surface area contributed by atoms with E-state index in [1.165, 1.54) is 20.8 Å². The third-order valence-corrected chi connectivity index (χ3v) is 2.58. The highest BCUT2D eigenvalue weighted by Gasteiger charge is 2.56. The predicted octanol–water partition coefficient (Wildman–Crippen LogP) is 3.67. The molecule has 0 fully saturated rings. The Morgan fingerprint density at radius 3 is 1.62 bits per heavy atom. The van der Waals surface area contributed by atoms with Gasteiger partial charge < -0.3 is 5.32 Å². The monoisotopic (exact) mass is 243 g/mol. The van der Waals surface area contributed by atoms with Gasteiger partial charge in [-0.2, -0.15) is 13.2 Å². The molecule has 0 bridgehead atoms. The maximum absolute atomic E-state index is 12.8. The number of hydrogen-bond donors (Lipinski definition) is 1. The summed E-state index contributed by atoms with van der Waals surface area (Å²) in [6.45, 7) is 6.43. The Kier molecular flexibility index (Phi) is 4.01. The van der Waals surface area contributed by atoms with Crippen LogP contribution < -0.4 is 5.32 Å². The van der Waals surface area contributed by atoms with E-state index in [2.05, 4.69) is 0 Å². The van der Waals surface area contributed by atoms with Gasteiger partial charge in [0.2, 0.25) is 0 Å². The molecule has 1 N–H and O–H groups in total. The van der Waals surface area contributed by atoms with E-state index in [9.17, 15) is 22.4 Å². The Hall–Kier alpha value is -0.810. The number of halogens is 4. The Labute approximate surface area is 92.4 Å². The summed E-state index contributed by atoms with van der Waals surface area (Å²) in [5.74, 6) is 0. The molecule has 6 heteroatoms. The van der Waals surface area contributed by atoms with Gasteiger partial charge in [0.15, 0.2) is 0 Å². The van der Waals surface area contributed by atoms with Gasteiger partial charge in [0.25, 0.3) is 0 Å². The zero-order valence-corrected chi connectivity index (χ0v) is 10.00. The van der Waals surface area contributed by atoms with Gasteiger partial charge in [0.05, 0.1) is 5.41 Å². The highest BCUT2D eigenvalue weighted by Crippen LogP contribution is 2.45. The molecule has 0 spiro atoms. The van der Waals surface area contributed by atoms with Crippen molar-refractivity contribution >= 4 is 6.16 Å². The van der Waals surface area contributed by atoms with Crippen LogP contribution in [-0.2, 0) is 0 Å². The number of alkyl halides is 3. The number of hydrogen-bond acceptors (Lipinski definition) is 1. The molecule has 0 radical (unpaired) electrons. The maximum atomic E-state index is 12.8. The van der Waals surface area contributed by atoms with E-state index in [0.717, 1.165) is 13.8 Å². The average molecular weight is 243 g/mol. The van der Waals surface area contributed by atoms with Gasteiger partial charge in [-0.1, -0.05) is 20.8 Å². The van der Waals surface area contributed by atoms with Crippen molar-refractivity contribution in [3.8, 4) is 0 Å². The lowest BCUT2D eigenvalue weighted by molar-refractivity contribution is -0.228. The number of rotatable bonds is 2. The highest BCUT2D eigenvalue weighted by atomic mass is 19.4. The van der Waals surface area contributed by atoms with Crippen LogP contribution >= 0.6 is 0 Å². The molecule has 1 unspecified atom stereocenters. The molecular weight excluding hydrogens is 226 g/mol. The van der Waals surface area contributed by atoms with Crippen LogP contribution in [0.15, 0.2) is 0 Å². The SMILES string of the molecule is CC(C)(C)C(NC(=O)F)C(C)(C)C(F)(F)F. The molecule has 16 heavy (non-hydrogen) atoms. The van der Waals surface area contributed by atoms with Gasteiger partial charge in [-0.05, 0) is 19.3 Å². The average Bonchev–Trinajstić information content (AvgIpc) is 1.95. The van der Waals surface area contributed by atoms with Gasteiger partial charge in [-0.25, -0.2) is 4.79 Å². The molecule has 0 aromatic rings. The lowest BCUT2D eigenvalue weighted by Gasteiger charge is -2.43. The van der Waals surface area contributed by atoms with E-state index < -0.39 is 29.2 Å². The van der Waals surface area contributed by atoms with Crippen LogP contribution in [0.2, 0.25) is 0 Å². The predicted molar refractivity (Wildman–Crippen MR) is 52.7 cm³/mol. The Morgan fingerprint density at radius 2 is 1.44 bits per heavy atom. The molecular formula is C10H17F4NO. The third-order valence-electron chi connectivity index (χ3n) is 2.58. The number of carbonyl (C=O) groups is 1. The fourth-order valence-corrected chi connectivity index (χ4v) is 1.76. The van der Waals surface area contributed by atoms with E-state index in [4.69, 9.17) is 0 Å². The summed E-state index contributed by atoms with van der Waals surface area (Å²) in [4.78, 5) is 10.3. The minimum absolute atomic E-state index is 0.902. The number of carbonyl (C=O) groups excluding carboxylic acids is 1. The van der Waals surface area contributed by atoms with Crippen LogP contribution in [0.5, 0.6) is 0 Å². The molecule has 0 aliphatic carbocycles. The maximum Gasteiger partial charge on any atom is 0.397 e. The van der Waals surface area contributed by atoms with E-state index >= 15 is 0 Å². The highest BCUT2D eigenvalue weighted by molar-refractivity contribution is 5.66. The van der Waals surface area contributed by atoms with Gasteiger partial charge in [-0.3, -0.25) is 0 Å². The normalized spacial score (nSPS) is 15.8. The summed E-state index contributed by atoms with van der Waals surface area (Å²) in [5, 5.41) is 1.74. The summed E-state index contributed by atoms with van der Waals surface area (Å²) < 4.78 is 50.7. The van der Waals surface area contributed by atoms with Crippen molar-refractivity contribution in [3.63, 3.8) is 0 Å². The van der Waals surface area contributed by atoms with Gasteiger partial charge in [-0.15, -0.1) is 4.39 Å². The minimum atomic E-state index is -4.52. The summed E-state index contributed by atoms with van der Waals surface area (Å²) in [6, 6.07) is -1.34. The minimum Gasteiger partial charge on any atom is -0.324 e. The Bertz CT molecular complexity index is 265. The zero-order valence-electron chi connectivity index (χ0n) is 10.00. The first-order valence-corrected chi connectivity index (χ1v) is 4.83. The van der Waals surface area contributed by atoms with Crippen molar-refractivity contribution in [1.29, 1.82) is 0 Å². The zero-order chi connectivity index (χ0) is 13.4. The molecule has 0 rings (SSSR count). The molecule has 0 aromatic heterocycles. The molecule has 0 aliphatic heterocycles. The van der Waals surface area contributed by atoms with Crippen molar-refractivity contribution < 1.29 is 22.4 Å². The lowest BCUT2D eigenvalue weighted by Crippen LogP contribution is -2.57. The number of nitrogens with one attached hydrogen (secondary N) is 1. The van der Waals surface area contributed by atoms with E-state index in [-0.39, 0.29) is 0 Å². The van der Waals surface area contributed by atoms with Crippen molar-refractivity contribution in [3.05, 3.63) is 0 Å². The first kappa shape index (κ1) is 15.2. The fraction of sp³-hybridized carbons (Fsp3) is 0.900. The first-order valence-electron chi connectivity index (χ1n) is 4.83. The summed E-state index contributed by atoms with van der Waals surface area (Å²) >= 11 is 0. The summed E-state index contributed by atoms with van der Waals surface area (Å²) in [5.41, 5.74) is -3.10.